The largest absolute Gasteiger partial charge is 0.351 e. The lowest BCUT2D eigenvalue weighted by molar-refractivity contribution is 0.548. The second-order valence-electron chi connectivity index (χ2n) is 8.74. The van der Waals surface area contributed by atoms with Crippen LogP contribution >= 0.6 is 12.2 Å². The molecule has 166 valence electrons. The Morgan fingerprint density at radius 1 is 0.939 bits per heavy atom. The van der Waals surface area contributed by atoms with E-state index in [2.05, 4.69) is 99.4 Å². The van der Waals surface area contributed by atoms with E-state index in [-0.39, 0.29) is 12.1 Å². The summed E-state index contributed by atoms with van der Waals surface area (Å²) in [5, 5.41) is 4.24. The van der Waals surface area contributed by atoms with E-state index in [1.165, 1.54) is 5.56 Å². The van der Waals surface area contributed by atoms with Crippen molar-refractivity contribution in [2.24, 2.45) is 0 Å². The standard InChI is InChI=1S/C27H27N5S/c1-18(2)20-10-12-21(13-11-20)32-26(25(30-27(32)33)22-7-4-5-15-28-22)23-8-6-16-31(23)24-14-9-19(3)17-29-24/h4-18,25-26H,1-3H3,(H,30,33)/t25-,26+/m1/s1. The number of aromatic nitrogens is 3. The van der Waals surface area contributed by atoms with Gasteiger partial charge in [-0.3, -0.25) is 4.98 Å². The van der Waals surface area contributed by atoms with Gasteiger partial charge in [0, 0.05) is 30.0 Å². The molecule has 1 fully saturated rings. The molecule has 5 rings (SSSR count). The van der Waals surface area contributed by atoms with Crippen molar-refractivity contribution in [1.82, 2.24) is 19.9 Å². The SMILES string of the molecule is Cc1ccc(-n2cccc2[C@H]2[C@@H](c3ccccn3)NC(=S)N2c2ccc(C(C)C)cc2)nc1. The molecule has 1 aliphatic rings. The Bertz CT molecular complexity index is 1250. The Morgan fingerprint density at radius 2 is 1.76 bits per heavy atom. The molecule has 0 unspecified atom stereocenters. The van der Waals surface area contributed by atoms with Crippen LogP contribution in [0.2, 0.25) is 0 Å². The highest BCUT2D eigenvalue weighted by Crippen LogP contribution is 2.42. The maximum absolute atomic E-state index is 5.87. The second-order valence-corrected chi connectivity index (χ2v) is 9.13. The number of hydrogen-bond donors (Lipinski definition) is 1. The molecule has 0 aliphatic carbocycles. The summed E-state index contributed by atoms with van der Waals surface area (Å²) in [6.45, 7) is 6.46. The molecule has 1 N–H and O–H groups in total. The van der Waals surface area contributed by atoms with E-state index < -0.39 is 0 Å². The number of rotatable bonds is 5. The molecule has 6 heteroatoms. The van der Waals surface area contributed by atoms with Gasteiger partial charge in [0.05, 0.1) is 11.7 Å². The Labute approximate surface area is 200 Å². The highest BCUT2D eigenvalue weighted by atomic mass is 32.1. The van der Waals surface area contributed by atoms with Crippen molar-refractivity contribution in [1.29, 1.82) is 0 Å². The van der Waals surface area contributed by atoms with Crippen molar-refractivity contribution < 1.29 is 0 Å². The second kappa shape index (κ2) is 8.79. The summed E-state index contributed by atoms with van der Waals surface area (Å²) in [5.74, 6) is 1.36. The maximum atomic E-state index is 5.87. The van der Waals surface area contributed by atoms with Crippen molar-refractivity contribution >= 4 is 23.0 Å². The lowest BCUT2D eigenvalue weighted by atomic mass is 9.99. The fourth-order valence-electron chi connectivity index (χ4n) is 4.40. The number of pyridine rings is 2. The third kappa shape index (κ3) is 4.02. The predicted octanol–water partition coefficient (Wildman–Crippen LogP) is 5.88. The third-order valence-corrected chi connectivity index (χ3v) is 6.48. The van der Waals surface area contributed by atoms with Crippen molar-refractivity contribution in [3.05, 3.63) is 108 Å². The lowest BCUT2D eigenvalue weighted by Gasteiger charge is -2.29. The number of benzene rings is 1. The summed E-state index contributed by atoms with van der Waals surface area (Å²) >= 11 is 5.87. The molecule has 0 saturated carbocycles. The normalized spacial score (nSPS) is 18.1. The van der Waals surface area contributed by atoms with Gasteiger partial charge >= 0.3 is 0 Å². The minimum Gasteiger partial charge on any atom is -0.351 e. The molecule has 0 bridgehead atoms. The topological polar surface area (TPSA) is 46.0 Å². The first-order chi connectivity index (χ1) is 16.0. The Balaban J connectivity index is 1.63. The predicted molar refractivity (Wildman–Crippen MR) is 137 cm³/mol. The van der Waals surface area contributed by atoms with Crippen LogP contribution in [0.3, 0.4) is 0 Å². The van der Waals surface area contributed by atoms with Crippen molar-refractivity contribution in [2.75, 3.05) is 4.90 Å². The minimum atomic E-state index is -0.0948. The first kappa shape index (κ1) is 21.3. The summed E-state index contributed by atoms with van der Waals surface area (Å²) in [6.07, 6.45) is 5.79. The van der Waals surface area contributed by atoms with E-state index >= 15 is 0 Å². The Kier molecular flexibility index (Phi) is 5.68. The van der Waals surface area contributed by atoms with Crippen LogP contribution in [0.25, 0.3) is 5.82 Å². The van der Waals surface area contributed by atoms with Crippen LogP contribution in [0.5, 0.6) is 0 Å². The van der Waals surface area contributed by atoms with Crippen LogP contribution in [0.15, 0.2) is 85.3 Å². The Hall–Kier alpha value is -3.51. The molecular weight excluding hydrogens is 426 g/mol. The molecular formula is C27H27N5S. The van der Waals surface area contributed by atoms with E-state index in [9.17, 15) is 0 Å². The monoisotopic (exact) mass is 453 g/mol. The quantitative estimate of drug-likeness (QED) is 0.383. The van der Waals surface area contributed by atoms with E-state index in [0.717, 1.165) is 28.5 Å². The average molecular weight is 454 g/mol. The number of thiocarbonyl (C=S) groups is 1. The molecule has 3 aromatic heterocycles. The number of hydrogen-bond acceptors (Lipinski definition) is 3. The van der Waals surface area contributed by atoms with Crippen LogP contribution in [-0.2, 0) is 0 Å². The van der Waals surface area contributed by atoms with Crippen LogP contribution in [0.1, 0.15) is 54.4 Å². The summed E-state index contributed by atoms with van der Waals surface area (Å²) in [6, 6.07) is 22.9. The van der Waals surface area contributed by atoms with E-state index in [1.54, 1.807) is 0 Å². The van der Waals surface area contributed by atoms with Crippen LogP contribution in [-0.4, -0.2) is 19.6 Å². The number of nitrogens with one attached hydrogen (secondary N) is 1. The van der Waals surface area contributed by atoms with Gasteiger partial charge in [0.25, 0.3) is 0 Å². The number of aryl methyl sites for hydroxylation is 1. The number of anilines is 1. The first-order valence-corrected chi connectivity index (χ1v) is 11.6. The molecule has 4 aromatic rings. The maximum Gasteiger partial charge on any atom is 0.174 e. The minimum absolute atomic E-state index is 0.0876. The highest BCUT2D eigenvalue weighted by molar-refractivity contribution is 7.80. The smallest absolute Gasteiger partial charge is 0.174 e. The van der Waals surface area contributed by atoms with Crippen molar-refractivity contribution in [2.45, 2.75) is 38.8 Å². The molecule has 0 radical (unpaired) electrons. The fraction of sp³-hybridized carbons (Fsp3) is 0.222. The van der Waals surface area contributed by atoms with Gasteiger partial charge in [-0.25, -0.2) is 4.98 Å². The summed E-state index contributed by atoms with van der Waals surface area (Å²) < 4.78 is 2.14. The lowest BCUT2D eigenvalue weighted by Crippen LogP contribution is -2.30. The summed E-state index contributed by atoms with van der Waals surface area (Å²) in [4.78, 5) is 11.5. The molecule has 1 aliphatic heterocycles. The Morgan fingerprint density at radius 3 is 2.42 bits per heavy atom. The van der Waals surface area contributed by atoms with Crippen molar-refractivity contribution in [3.63, 3.8) is 0 Å². The van der Waals surface area contributed by atoms with Crippen LogP contribution < -0.4 is 10.2 Å². The van der Waals surface area contributed by atoms with Gasteiger partial charge in [0.2, 0.25) is 0 Å². The van der Waals surface area contributed by atoms with E-state index in [1.807, 2.05) is 31.5 Å². The molecule has 1 aromatic carbocycles. The number of nitrogens with zero attached hydrogens (tertiary/aromatic N) is 4. The molecule has 0 amide bonds. The zero-order chi connectivity index (χ0) is 22.9. The summed E-state index contributed by atoms with van der Waals surface area (Å²) in [7, 11) is 0. The zero-order valence-corrected chi connectivity index (χ0v) is 19.8. The van der Waals surface area contributed by atoms with E-state index in [0.29, 0.717) is 11.0 Å². The molecule has 1 saturated heterocycles. The highest BCUT2D eigenvalue weighted by Gasteiger charge is 2.42. The molecule has 5 nitrogen and oxygen atoms in total. The molecule has 2 atom stereocenters. The molecule has 4 heterocycles. The zero-order valence-electron chi connectivity index (χ0n) is 19.0. The third-order valence-electron chi connectivity index (χ3n) is 6.16. The first-order valence-electron chi connectivity index (χ1n) is 11.2. The molecule has 0 spiro atoms. The van der Waals surface area contributed by atoms with Gasteiger partial charge < -0.3 is 14.8 Å². The van der Waals surface area contributed by atoms with Crippen LogP contribution in [0.4, 0.5) is 5.69 Å². The fourth-order valence-corrected chi connectivity index (χ4v) is 4.75. The van der Waals surface area contributed by atoms with Gasteiger partial charge in [-0.05, 0) is 78.7 Å². The van der Waals surface area contributed by atoms with E-state index in [4.69, 9.17) is 12.2 Å². The van der Waals surface area contributed by atoms with Crippen LogP contribution in [0, 0.1) is 6.92 Å². The van der Waals surface area contributed by atoms with Gasteiger partial charge in [0.1, 0.15) is 11.9 Å². The van der Waals surface area contributed by atoms with Gasteiger partial charge in [0.15, 0.2) is 5.11 Å². The average Bonchev–Trinajstić information content (AvgIpc) is 3.44. The summed E-state index contributed by atoms with van der Waals surface area (Å²) in [5.41, 5.74) is 5.55. The van der Waals surface area contributed by atoms with Gasteiger partial charge in [-0.2, -0.15) is 0 Å². The van der Waals surface area contributed by atoms with Gasteiger partial charge in [-0.15, -0.1) is 0 Å². The van der Waals surface area contributed by atoms with Gasteiger partial charge in [-0.1, -0.05) is 38.1 Å². The van der Waals surface area contributed by atoms with Crippen molar-refractivity contribution in [3.8, 4) is 5.82 Å². The molecule has 33 heavy (non-hydrogen) atoms.